The molecule has 2 aromatic carbocycles. The lowest BCUT2D eigenvalue weighted by atomic mass is 10.0. The van der Waals surface area contributed by atoms with Crippen molar-refractivity contribution in [1.29, 1.82) is 0 Å². The van der Waals surface area contributed by atoms with E-state index in [0.717, 1.165) is 16.9 Å². The van der Waals surface area contributed by atoms with Crippen molar-refractivity contribution >= 4 is 11.7 Å². The standard InChI is InChI=1S/C22H24N4O2/c1-4-28-19-11-9-16(10-12-19)15(2)26(3)22(27)18-7-5-17(6-8-18)20-13-24-14-21(23)25-20/h5-15H,4H2,1-3H3,(H2,23,25). The predicted octanol–water partition coefficient (Wildman–Crippen LogP) is 3.96. The first kappa shape index (κ1) is 19.4. The summed E-state index contributed by atoms with van der Waals surface area (Å²) in [7, 11) is 1.81. The number of carbonyl (C=O) groups is 1. The van der Waals surface area contributed by atoms with Crippen LogP contribution in [0.3, 0.4) is 0 Å². The quantitative estimate of drug-likeness (QED) is 0.704. The van der Waals surface area contributed by atoms with Crippen LogP contribution in [0.2, 0.25) is 0 Å². The van der Waals surface area contributed by atoms with Gasteiger partial charge in [0.15, 0.2) is 0 Å². The number of nitrogens with two attached hydrogens (primary N) is 1. The lowest BCUT2D eigenvalue weighted by molar-refractivity contribution is 0.0742. The molecule has 144 valence electrons. The number of hydrogen-bond acceptors (Lipinski definition) is 5. The van der Waals surface area contributed by atoms with Gasteiger partial charge in [0.05, 0.1) is 30.7 Å². The van der Waals surface area contributed by atoms with E-state index >= 15 is 0 Å². The molecule has 0 saturated heterocycles. The van der Waals surface area contributed by atoms with Crippen LogP contribution in [0.1, 0.15) is 35.8 Å². The van der Waals surface area contributed by atoms with Gasteiger partial charge in [-0.15, -0.1) is 0 Å². The topological polar surface area (TPSA) is 81.3 Å². The Morgan fingerprint density at radius 2 is 1.79 bits per heavy atom. The van der Waals surface area contributed by atoms with Crippen molar-refractivity contribution in [2.45, 2.75) is 19.9 Å². The number of ether oxygens (including phenoxy) is 1. The zero-order chi connectivity index (χ0) is 20.1. The Morgan fingerprint density at radius 1 is 1.11 bits per heavy atom. The fourth-order valence-corrected chi connectivity index (χ4v) is 2.92. The molecule has 2 N–H and O–H groups in total. The van der Waals surface area contributed by atoms with Crippen molar-refractivity contribution in [1.82, 2.24) is 14.9 Å². The largest absolute Gasteiger partial charge is 0.494 e. The molecule has 0 aliphatic heterocycles. The van der Waals surface area contributed by atoms with Gasteiger partial charge in [0, 0.05) is 18.2 Å². The highest BCUT2D eigenvalue weighted by Crippen LogP contribution is 2.24. The molecule has 6 nitrogen and oxygen atoms in total. The van der Waals surface area contributed by atoms with Crippen molar-refractivity contribution < 1.29 is 9.53 Å². The lowest BCUT2D eigenvalue weighted by Gasteiger charge is -2.25. The zero-order valence-electron chi connectivity index (χ0n) is 16.3. The molecular weight excluding hydrogens is 352 g/mol. The summed E-state index contributed by atoms with van der Waals surface area (Å²) in [5.74, 6) is 1.14. The molecule has 0 aliphatic carbocycles. The average Bonchev–Trinajstić information content (AvgIpc) is 2.73. The van der Waals surface area contributed by atoms with Gasteiger partial charge in [-0.25, -0.2) is 4.98 Å². The molecule has 6 heteroatoms. The number of hydrogen-bond donors (Lipinski definition) is 1. The van der Waals surface area contributed by atoms with Crippen LogP contribution in [0.15, 0.2) is 60.9 Å². The van der Waals surface area contributed by atoms with Crippen LogP contribution in [-0.2, 0) is 0 Å². The van der Waals surface area contributed by atoms with E-state index in [4.69, 9.17) is 10.5 Å². The number of nitrogen functional groups attached to an aromatic ring is 1. The smallest absolute Gasteiger partial charge is 0.254 e. The monoisotopic (exact) mass is 376 g/mol. The third-order valence-corrected chi connectivity index (χ3v) is 4.66. The normalized spacial score (nSPS) is 11.7. The molecule has 1 unspecified atom stereocenters. The molecule has 3 rings (SSSR count). The molecule has 0 bridgehead atoms. The summed E-state index contributed by atoms with van der Waals surface area (Å²) in [4.78, 5) is 22.9. The molecule has 1 heterocycles. The molecule has 28 heavy (non-hydrogen) atoms. The molecule has 3 aromatic rings. The molecular formula is C22H24N4O2. The van der Waals surface area contributed by atoms with Crippen molar-refractivity contribution in [3.63, 3.8) is 0 Å². The highest BCUT2D eigenvalue weighted by Gasteiger charge is 2.19. The molecule has 1 atom stereocenters. The Balaban J connectivity index is 1.73. The second-order valence-electron chi connectivity index (χ2n) is 6.50. The van der Waals surface area contributed by atoms with Crippen LogP contribution < -0.4 is 10.5 Å². The Hall–Kier alpha value is -3.41. The van der Waals surface area contributed by atoms with Crippen LogP contribution in [0.4, 0.5) is 5.82 Å². The summed E-state index contributed by atoms with van der Waals surface area (Å²) in [5, 5.41) is 0. The maximum Gasteiger partial charge on any atom is 0.254 e. The van der Waals surface area contributed by atoms with E-state index in [1.165, 1.54) is 6.20 Å². The van der Waals surface area contributed by atoms with E-state index in [2.05, 4.69) is 9.97 Å². The average molecular weight is 376 g/mol. The predicted molar refractivity (Wildman–Crippen MR) is 110 cm³/mol. The SMILES string of the molecule is CCOc1ccc(C(C)N(C)C(=O)c2ccc(-c3cncc(N)n3)cc2)cc1. The molecule has 0 saturated carbocycles. The Labute approximate surface area is 165 Å². The summed E-state index contributed by atoms with van der Waals surface area (Å²) in [6.07, 6.45) is 3.14. The second kappa shape index (κ2) is 8.52. The summed E-state index contributed by atoms with van der Waals surface area (Å²) in [6.45, 7) is 4.59. The Kier molecular flexibility index (Phi) is 5.89. The van der Waals surface area contributed by atoms with Crippen LogP contribution in [0.25, 0.3) is 11.3 Å². The minimum atomic E-state index is -0.0670. The van der Waals surface area contributed by atoms with Gasteiger partial charge >= 0.3 is 0 Å². The molecule has 0 fully saturated rings. The van der Waals surface area contributed by atoms with E-state index in [1.54, 1.807) is 30.3 Å². The number of nitrogens with zero attached hydrogens (tertiary/aromatic N) is 3. The van der Waals surface area contributed by atoms with Gasteiger partial charge < -0.3 is 15.4 Å². The van der Waals surface area contributed by atoms with Gasteiger partial charge in [-0.1, -0.05) is 24.3 Å². The van der Waals surface area contributed by atoms with Crippen molar-refractivity contribution in [2.75, 3.05) is 19.4 Å². The first-order valence-electron chi connectivity index (χ1n) is 9.17. The Morgan fingerprint density at radius 3 is 2.39 bits per heavy atom. The van der Waals surface area contributed by atoms with E-state index in [-0.39, 0.29) is 11.9 Å². The van der Waals surface area contributed by atoms with Crippen LogP contribution >= 0.6 is 0 Å². The maximum absolute atomic E-state index is 12.9. The third kappa shape index (κ3) is 4.28. The minimum absolute atomic E-state index is 0.0494. The zero-order valence-corrected chi connectivity index (χ0v) is 16.3. The molecule has 1 aromatic heterocycles. The highest BCUT2D eigenvalue weighted by atomic mass is 16.5. The summed E-state index contributed by atoms with van der Waals surface area (Å²) < 4.78 is 5.47. The van der Waals surface area contributed by atoms with Crippen LogP contribution in [0, 0.1) is 0 Å². The van der Waals surface area contributed by atoms with Crippen molar-refractivity contribution in [2.24, 2.45) is 0 Å². The Bertz CT molecular complexity index is 940. The summed E-state index contributed by atoms with van der Waals surface area (Å²) in [6, 6.07) is 15.1. The van der Waals surface area contributed by atoms with Crippen molar-refractivity contribution in [3.05, 3.63) is 72.1 Å². The van der Waals surface area contributed by atoms with Gasteiger partial charge in [-0.05, 0) is 43.7 Å². The maximum atomic E-state index is 12.9. The first-order valence-corrected chi connectivity index (χ1v) is 9.17. The molecule has 0 radical (unpaired) electrons. The molecule has 0 spiro atoms. The van der Waals surface area contributed by atoms with Crippen LogP contribution in [0.5, 0.6) is 5.75 Å². The first-order chi connectivity index (χ1) is 13.5. The number of rotatable bonds is 6. The molecule has 1 amide bonds. The number of benzene rings is 2. The third-order valence-electron chi connectivity index (χ3n) is 4.66. The van der Waals surface area contributed by atoms with Gasteiger partial charge in [-0.3, -0.25) is 9.78 Å². The number of carbonyl (C=O) groups excluding carboxylic acids is 1. The van der Waals surface area contributed by atoms with E-state index in [9.17, 15) is 4.79 Å². The van der Waals surface area contributed by atoms with E-state index in [0.29, 0.717) is 23.7 Å². The lowest BCUT2D eigenvalue weighted by Crippen LogP contribution is -2.29. The van der Waals surface area contributed by atoms with Gasteiger partial charge in [0.2, 0.25) is 0 Å². The highest BCUT2D eigenvalue weighted by molar-refractivity contribution is 5.94. The van der Waals surface area contributed by atoms with E-state index in [1.807, 2.05) is 50.2 Å². The number of anilines is 1. The van der Waals surface area contributed by atoms with Gasteiger partial charge in [-0.2, -0.15) is 0 Å². The van der Waals surface area contributed by atoms with Crippen LogP contribution in [-0.4, -0.2) is 34.4 Å². The fourth-order valence-electron chi connectivity index (χ4n) is 2.92. The number of amides is 1. The van der Waals surface area contributed by atoms with Gasteiger partial charge in [0.25, 0.3) is 5.91 Å². The molecule has 0 aliphatic rings. The summed E-state index contributed by atoms with van der Waals surface area (Å²) >= 11 is 0. The number of aromatic nitrogens is 2. The second-order valence-corrected chi connectivity index (χ2v) is 6.50. The minimum Gasteiger partial charge on any atom is -0.494 e. The van der Waals surface area contributed by atoms with E-state index < -0.39 is 0 Å². The summed E-state index contributed by atoms with van der Waals surface area (Å²) in [5.41, 5.74) is 8.88. The van der Waals surface area contributed by atoms with Crippen molar-refractivity contribution in [3.8, 4) is 17.0 Å². The van der Waals surface area contributed by atoms with Gasteiger partial charge in [0.1, 0.15) is 11.6 Å². The fraction of sp³-hybridized carbons (Fsp3) is 0.227.